The third kappa shape index (κ3) is 5.06. The van der Waals surface area contributed by atoms with Crippen LogP contribution in [-0.2, 0) is 10.4 Å². The second kappa shape index (κ2) is 9.94. The maximum absolute atomic E-state index is 13.0. The molecule has 0 aromatic heterocycles. The van der Waals surface area contributed by atoms with Crippen molar-refractivity contribution < 1.29 is 14.7 Å². The number of carbonyl (C=O) groups is 2. The molecule has 1 unspecified atom stereocenters. The second-order valence-electron chi connectivity index (χ2n) is 9.65. The fourth-order valence-electron chi connectivity index (χ4n) is 4.79. The van der Waals surface area contributed by atoms with Crippen LogP contribution in [0, 0.1) is 0 Å². The summed E-state index contributed by atoms with van der Waals surface area (Å²) in [5, 5.41) is 14.8. The van der Waals surface area contributed by atoms with Crippen LogP contribution >= 0.6 is 11.6 Å². The molecule has 2 aliphatic rings. The Labute approximate surface area is 206 Å². The SMILES string of the molecule is CN(C)C(=O)c1ccc(NC2CN(C3CCN(C(=O)C(C)(O)c4ccccc4)CC3)C2)cc1Cl. The van der Waals surface area contributed by atoms with Gasteiger partial charge < -0.3 is 20.2 Å². The van der Waals surface area contributed by atoms with Gasteiger partial charge in [0.15, 0.2) is 5.60 Å². The molecule has 0 bridgehead atoms. The molecule has 2 aromatic rings. The predicted molar refractivity (Wildman–Crippen MR) is 134 cm³/mol. The number of likely N-dealkylation sites (tertiary alicyclic amines) is 2. The molecule has 2 aromatic carbocycles. The van der Waals surface area contributed by atoms with E-state index in [2.05, 4.69) is 10.2 Å². The highest BCUT2D eigenvalue weighted by molar-refractivity contribution is 6.34. The van der Waals surface area contributed by atoms with Gasteiger partial charge in [-0.3, -0.25) is 14.5 Å². The molecule has 2 heterocycles. The van der Waals surface area contributed by atoms with Gasteiger partial charge in [0, 0.05) is 52.0 Å². The van der Waals surface area contributed by atoms with E-state index >= 15 is 0 Å². The van der Waals surface area contributed by atoms with E-state index in [-0.39, 0.29) is 11.8 Å². The van der Waals surface area contributed by atoms with E-state index < -0.39 is 5.60 Å². The van der Waals surface area contributed by atoms with E-state index in [1.54, 1.807) is 44.1 Å². The van der Waals surface area contributed by atoms with Gasteiger partial charge in [-0.1, -0.05) is 41.9 Å². The van der Waals surface area contributed by atoms with Crippen molar-refractivity contribution in [2.75, 3.05) is 45.6 Å². The molecule has 2 saturated heterocycles. The van der Waals surface area contributed by atoms with Crippen LogP contribution in [-0.4, -0.2) is 84.0 Å². The third-order valence-corrected chi connectivity index (χ3v) is 7.22. The van der Waals surface area contributed by atoms with Crippen molar-refractivity contribution in [3.05, 3.63) is 64.7 Å². The molecule has 182 valence electrons. The summed E-state index contributed by atoms with van der Waals surface area (Å²) in [5.41, 5.74) is 0.528. The fourth-order valence-corrected chi connectivity index (χ4v) is 5.05. The summed E-state index contributed by atoms with van der Waals surface area (Å²) in [6, 6.07) is 15.4. The van der Waals surface area contributed by atoms with Crippen LogP contribution in [0.25, 0.3) is 0 Å². The highest BCUT2D eigenvalue weighted by Crippen LogP contribution is 2.29. The molecule has 4 rings (SSSR count). The quantitative estimate of drug-likeness (QED) is 0.659. The number of nitrogens with one attached hydrogen (secondary N) is 1. The highest BCUT2D eigenvalue weighted by Gasteiger charge is 2.40. The molecule has 0 radical (unpaired) electrons. The Bertz CT molecular complexity index is 1030. The standard InChI is InChI=1S/C26H33ClN4O3/c1-26(34,18-7-5-4-6-8-18)25(33)30-13-11-21(12-14-30)31-16-20(17-31)28-19-9-10-22(23(27)15-19)24(32)29(2)3/h4-10,15,20-21,28,34H,11-14,16-17H2,1-3H3. The number of anilines is 1. The van der Waals surface area contributed by atoms with E-state index in [1.807, 2.05) is 30.3 Å². The summed E-state index contributed by atoms with van der Waals surface area (Å²) in [7, 11) is 3.42. The number of benzene rings is 2. The van der Waals surface area contributed by atoms with Crippen LogP contribution in [0.2, 0.25) is 5.02 Å². The zero-order valence-electron chi connectivity index (χ0n) is 20.0. The molecular formula is C26H33ClN4O3. The Morgan fingerprint density at radius 3 is 2.32 bits per heavy atom. The Morgan fingerprint density at radius 2 is 1.74 bits per heavy atom. The lowest BCUT2D eigenvalue weighted by atomic mass is 9.92. The van der Waals surface area contributed by atoms with Gasteiger partial charge in [0.2, 0.25) is 0 Å². The van der Waals surface area contributed by atoms with Crippen molar-refractivity contribution in [2.24, 2.45) is 0 Å². The molecule has 0 aliphatic carbocycles. The van der Waals surface area contributed by atoms with Gasteiger partial charge in [0.25, 0.3) is 11.8 Å². The van der Waals surface area contributed by atoms with Crippen molar-refractivity contribution in [1.82, 2.24) is 14.7 Å². The Kier molecular flexibility index (Phi) is 7.17. The molecule has 2 aliphatic heterocycles. The van der Waals surface area contributed by atoms with Crippen LogP contribution in [0.1, 0.15) is 35.7 Å². The highest BCUT2D eigenvalue weighted by atomic mass is 35.5. The maximum atomic E-state index is 13.0. The van der Waals surface area contributed by atoms with Gasteiger partial charge in [-0.05, 0) is 43.5 Å². The number of halogens is 1. The van der Waals surface area contributed by atoms with E-state index in [0.717, 1.165) is 31.6 Å². The average molecular weight is 485 g/mol. The number of aliphatic hydroxyl groups is 1. The summed E-state index contributed by atoms with van der Waals surface area (Å²) in [6.45, 7) is 4.74. The second-order valence-corrected chi connectivity index (χ2v) is 10.1. The molecular weight excluding hydrogens is 452 g/mol. The Balaban J connectivity index is 1.25. The summed E-state index contributed by atoms with van der Waals surface area (Å²) >= 11 is 6.33. The van der Waals surface area contributed by atoms with Gasteiger partial charge in [0.1, 0.15) is 0 Å². The summed E-state index contributed by atoms with van der Waals surface area (Å²) < 4.78 is 0. The van der Waals surface area contributed by atoms with E-state index in [9.17, 15) is 14.7 Å². The normalized spacial score (nSPS) is 19.3. The van der Waals surface area contributed by atoms with Crippen molar-refractivity contribution in [3.8, 4) is 0 Å². The van der Waals surface area contributed by atoms with Crippen molar-refractivity contribution in [3.63, 3.8) is 0 Å². The first-order valence-electron chi connectivity index (χ1n) is 11.8. The molecule has 8 heteroatoms. The minimum absolute atomic E-state index is 0.110. The predicted octanol–water partition coefficient (Wildman–Crippen LogP) is 3.04. The number of hydrogen-bond donors (Lipinski definition) is 2. The minimum atomic E-state index is -1.51. The first-order chi connectivity index (χ1) is 16.2. The van der Waals surface area contributed by atoms with Crippen LogP contribution < -0.4 is 5.32 Å². The van der Waals surface area contributed by atoms with Gasteiger partial charge >= 0.3 is 0 Å². The lowest BCUT2D eigenvalue weighted by Crippen LogP contribution is -2.61. The molecule has 34 heavy (non-hydrogen) atoms. The first-order valence-corrected chi connectivity index (χ1v) is 12.1. The van der Waals surface area contributed by atoms with Crippen molar-refractivity contribution in [2.45, 2.75) is 37.5 Å². The van der Waals surface area contributed by atoms with Crippen LogP contribution in [0.4, 0.5) is 5.69 Å². The molecule has 2 fully saturated rings. The summed E-state index contributed by atoms with van der Waals surface area (Å²) in [4.78, 5) is 30.9. The molecule has 1 atom stereocenters. The summed E-state index contributed by atoms with van der Waals surface area (Å²) in [6.07, 6.45) is 1.80. The summed E-state index contributed by atoms with van der Waals surface area (Å²) in [5.74, 6) is -0.338. The lowest BCUT2D eigenvalue weighted by molar-refractivity contribution is -0.152. The topological polar surface area (TPSA) is 76.1 Å². The number of amides is 2. The largest absolute Gasteiger partial charge is 0.380 e. The third-order valence-electron chi connectivity index (χ3n) is 6.91. The van der Waals surface area contributed by atoms with Crippen LogP contribution in [0.15, 0.2) is 48.5 Å². The zero-order valence-corrected chi connectivity index (χ0v) is 20.8. The number of nitrogens with zero attached hydrogens (tertiary/aromatic N) is 3. The van der Waals surface area contributed by atoms with Gasteiger partial charge in [-0.2, -0.15) is 0 Å². The maximum Gasteiger partial charge on any atom is 0.258 e. The number of carbonyl (C=O) groups excluding carboxylic acids is 2. The van der Waals surface area contributed by atoms with Crippen molar-refractivity contribution in [1.29, 1.82) is 0 Å². The van der Waals surface area contributed by atoms with Gasteiger partial charge in [-0.25, -0.2) is 0 Å². The van der Waals surface area contributed by atoms with Crippen molar-refractivity contribution >= 4 is 29.1 Å². The molecule has 2 N–H and O–H groups in total. The zero-order chi connectivity index (χ0) is 24.5. The van der Waals surface area contributed by atoms with Crippen LogP contribution in [0.5, 0.6) is 0 Å². The van der Waals surface area contributed by atoms with Gasteiger partial charge in [0.05, 0.1) is 16.6 Å². The first kappa shape index (κ1) is 24.5. The molecule has 2 amide bonds. The molecule has 0 spiro atoms. The van der Waals surface area contributed by atoms with Gasteiger partial charge in [-0.15, -0.1) is 0 Å². The van der Waals surface area contributed by atoms with E-state index in [0.29, 0.717) is 41.3 Å². The smallest absolute Gasteiger partial charge is 0.258 e. The van der Waals surface area contributed by atoms with E-state index in [1.165, 1.54) is 4.90 Å². The molecule has 7 nitrogen and oxygen atoms in total. The number of rotatable bonds is 6. The average Bonchev–Trinajstić information content (AvgIpc) is 2.81. The molecule has 0 saturated carbocycles. The number of hydrogen-bond acceptors (Lipinski definition) is 5. The van der Waals surface area contributed by atoms with E-state index in [4.69, 9.17) is 11.6 Å². The monoisotopic (exact) mass is 484 g/mol. The lowest BCUT2D eigenvalue weighted by Gasteiger charge is -2.48. The minimum Gasteiger partial charge on any atom is -0.380 e. The Morgan fingerprint density at radius 1 is 1.09 bits per heavy atom. The number of piperidine rings is 1. The van der Waals surface area contributed by atoms with Crippen LogP contribution in [0.3, 0.4) is 0 Å². The Hall–Kier alpha value is -2.61. The fraction of sp³-hybridized carbons (Fsp3) is 0.462.